The maximum absolute atomic E-state index is 5.55. The van der Waals surface area contributed by atoms with E-state index in [9.17, 15) is 0 Å². The summed E-state index contributed by atoms with van der Waals surface area (Å²) in [6.45, 7) is 4.54. The van der Waals surface area contributed by atoms with Gasteiger partial charge >= 0.3 is 0 Å². The lowest BCUT2D eigenvalue weighted by atomic mass is 10.3. The maximum atomic E-state index is 5.55. The molecular formula is C8H12BrN3. The number of anilines is 1. The molecule has 0 aliphatic rings. The number of halogens is 1. The van der Waals surface area contributed by atoms with Crippen LogP contribution in [0.3, 0.4) is 0 Å². The number of hydrogen-bond acceptors (Lipinski definition) is 2. The highest BCUT2D eigenvalue weighted by Crippen LogP contribution is 2.16. The second-order valence-corrected chi connectivity index (χ2v) is 3.41. The SMILES string of the molecule is C=CCCCn1cc(Br)c(N)n1. The standard InChI is InChI=1S/C8H12BrN3/c1-2-3-4-5-12-6-7(9)8(10)11-12/h2,6H,1,3-5H2,(H2,10,11). The van der Waals surface area contributed by atoms with Gasteiger partial charge in [0.2, 0.25) is 0 Å². The van der Waals surface area contributed by atoms with Crippen molar-refractivity contribution in [1.29, 1.82) is 0 Å². The van der Waals surface area contributed by atoms with E-state index in [1.807, 2.05) is 17.0 Å². The summed E-state index contributed by atoms with van der Waals surface area (Å²) in [5.74, 6) is 0.550. The van der Waals surface area contributed by atoms with Gasteiger partial charge in [-0.1, -0.05) is 6.08 Å². The number of aryl methyl sites for hydroxylation is 1. The van der Waals surface area contributed by atoms with Crippen molar-refractivity contribution in [2.24, 2.45) is 0 Å². The van der Waals surface area contributed by atoms with Crippen molar-refractivity contribution in [3.05, 3.63) is 23.3 Å². The van der Waals surface area contributed by atoms with Crippen molar-refractivity contribution < 1.29 is 0 Å². The van der Waals surface area contributed by atoms with Crippen molar-refractivity contribution in [3.63, 3.8) is 0 Å². The zero-order valence-electron chi connectivity index (χ0n) is 6.83. The molecule has 0 atom stereocenters. The third-order valence-electron chi connectivity index (χ3n) is 1.54. The van der Waals surface area contributed by atoms with E-state index in [2.05, 4.69) is 27.6 Å². The molecule has 0 saturated heterocycles. The van der Waals surface area contributed by atoms with Crippen LogP contribution in [0.5, 0.6) is 0 Å². The first-order valence-corrected chi connectivity index (χ1v) is 4.62. The third kappa shape index (κ3) is 2.37. The second kappa shape index (κ2) is 4.30. The first kappa shape index (κ1) is 9.32. The molecule has 0 aliphatic carbocycles. The van der Waals surface area contributed by atoms with Gasteiger partial charge in [-0.25, -0.2) is 0 Å². The van der Waals surface area contributed by atoms with Crippen molar-refractivity contribution in [2.75, 3.05) is 5.73 Å². The summed E-state index contributed by atoms with van der Waals surface area (Å²) in [4.78, 5) is 0. The minimum atomic E-state index is 0.550. The van der Waals surface area contributed by atoms with E-state index in [0.717, 1.165) is 23.9 Å². The molecule has 0 unspecified atom stereocenters. The predicted molar refractivity (Wildman–Crippen MR) is 53.8 cm³/mol. The molecule has 0 amide bonds. The summed E-state index contributed by atoms with van der Waals surface area (Å²) in [6.07, 6.45) is 5.86. The summed E-state index contributed by atoms with van der Waals surface area (Å²) in [7, 11) is 0. The highest BCUT2D eigenvalue weighted by atomic mass is 79.9. The number of unbranched alkanes of at least 4 members (excludes halogenated alkanes) is 1. The Hall–Kier alpha value is -0.770. The lowest BCUT2D eigenvalue weighted by molar-refractivity contribution is 0.585. The first-order valence-electron chi connectivity index (χ1n) is 3.83. The molecule has 0 spiro atoms. The molecule has 2 N–H and O–H groups in total. The summed E-state index contributed by atoms with van der Waals surface area (Å²) < 4.78 is 2.70. The van der Waals surface area contributed by atoms with Crippen molar-refractivity contribution in [1.82, 2.24) is 9.78 Å². The normalized spacial score (nSPS) is 10.1. The minimum Gasteiger partial charge on any atom is -0.381 e. The Morgan fingerprint density at radius 1 is 1.75 bits per heavy atom. The Morgan fingerprint density at radius 3 is 3.00 bits per heavy atom. The van der Waals surface area contributed by atoms with Crippen molar-refractivity contribution in [3.8, 4) is 0 Å². The van der Waals surface area contributed by atoms with Crippen LogP contribution in [0.1, 0.15) is 12.8 Å². The largest absolute Gasteiger partial charge is 0.381 e. The third-order valence-corrected chi connectivity index (χ3v) is 2.15. The summed E-state index contributed by atoms with van der Waals surface area (Å²) in [5, 5.41) is 4.10. The Morgan fingerprint density at radius 2 is 2.50 bits per heavy atom. The summed E-state index contributed by atoms with van der Waals surface area (Å²) in [5.41, 5.74) is 5.55. The number of nitrogens with two attached hydrogens (primary N) is 1. The van der Waals surface area contributed by atoms with E-state index in [1.54, 1.807) is 0 Å². The fourth-order valence-electron chi connectivity index (χ4n) is 0.924. The number of nitrogens with zero attached hydrogens (tertiary/aromatic N) is 2. The number of allylic oxidation sites excluding steroid dienone is 1. The molecule has 1 aromatic rings. The van der Waals surface area contributed by atoms with Crippen LogP contribution in [0.15, 0.2) is 23.3 Å². The van der Waals surface area contributed by atoms with E-state index in [4.69, 9.17) is 5.73 Å². The fraction of sp³-hybridized carbons (Fsp3) is 0.375. The molecular weight excluding hydrogens is 218 g/mol. The van der Waals surface area contributed by atoms with Crippen molar-refractivity contribution >= 4 is 21.7 Å². The van der Waals surface area contributed by atoms with Gasteiger partial charge in [-0.05, 0) is 28.8 Å². The van der Waals surface area contributed by atoms with Crippen LogP contribution < -0.4 is 5.73 Å². The van der Waals surface area contributed by atoms with Crippen LogP contribution >= 0.6 is 15.9 Å². The molecule has 0 radical (unpaired) electrons. The molecule has 1 rings (SSSR count). The lowest BCUT2D eigenvalue weighted by Crippen LogP contribution is -1.98. The highest BCUT2D eigenvalue weighted by molar-refractivity contribution is 9.10. The van der Waals surface area contributed by atoms with E-state index in [1.165, 1.54) is 0 Å². The fourth-order valence-corrected chi connectivity index (χ4v) is 1.24. The van der Waals surface area contributed by atoms with E-state index in [0.29, 0.717) is 5.82 Å². The smallest absolute Gasteiger partial charge is 0.159 e. The maximum Gasteiger partial charge on any atom is 0.159 e. The Balaban J connectivity index is 2.47. The molecule has 0 bridgehead atoms. The minimum absolute atomic E-state index is 0.550. The molecule has 66 valence electrons. The Bertz CT molecular complexity index is 248. The zero-order chi connectivity index (χ0) is 8.97. The molecule has 12 heavy (non-hydrogen) atoms. The number of rotatable bonds is 4. The molecule has 1 aromatic heterocycles. The molecule has 0 saturated carbocycles. The van der Waals surface area contributed by atoms with Gasteiger partial charge in [-0.2, -0.15) is 5.10 Å². The topological polar surface area (TPSA) is 43.8 Å². The molecule has 0 aliphatic heterocycles. The first-order chi connectivity index (χ1) is 5.74. The summed E-state index contributed by atoms with van der Waals surface area (Å²) in [6, 6.07) is 0. The van der Waals surface area contributed by atoms with E-state index < -0.39 is 0 Å². The van der Waals surface area contributed by atoms with Gasteiger partial charge in [0.1, 0.15) is 0 Å². The van der Waals surface area contributed by atoms with Gasteiger partial charge in [-0.15, -0.1) is 6.58 Å². The average molecular weight is 230 g/mol. The van der Waals surface area contributed by atoms with E-state index >= 15 is 0 Å². The zero-order valence-corrected chi connectivity index (χ0v) is 8.42. The second-order valence-electron chi connectivity index (χ2n) is 2.56. The Kier molecular flexibility index (Phi) is 3.34. The predicted octanol–water partition coefficient (Wildman–Crippen LogP) is 2.19. The summed E-state index contributed by atoms with van der Waals surface area (Å²) >= 11 is 3.30. The van der Waals surface area contributed by atoms with E-state index in [-0.39, 0.29) is 0 Å². The van der Waals surface area contributed by atoms with Gasteiger partial charge in [-0.3, -0.25) is 4.68 Å². The van der Waals surface area contributed by atoms with Crippen LogP contribution in [0.25, 0.3) is 0 Å². The van der Waals surface area contributed by atoms with Gasteiger partial charge < -0.3 is 5.73 Å². The van der Waals surface area contributed by atoms with Gasteiger partial charge in [0.15, 0.2) is 5.82 Å². The Labute approximate surface area is 80.4 Å². The molecule has 4 heteroatoms. The average Bonchev–Trinajstić information content (AvgIpc) is 2.32. The van der Waals surface area contributed by atoms with Gasteiger partial charge in [0.05, 0.1) is 4.47 Å². The molecule has 3 nitrogen and oxygen atoms in total. The van der Waals surface area contributed by atoms with Crippen molar-refractivity contribution in [2.45, 2.75) is 19.4 Å². The molecule has 0 fully saturated rings. The number of aromatic nitrogens is 2. The van der Waals surface area contributed by atoms with Crippen LogP contribution in [0.2, 0.25) is 0 Å². The molecule has 0 aromatic carbocycles. The number of hydrogen-bond donors (Lipinski definition) is 1. The van der Waals surface area contributed by atoms with Crippen LogP contribution in [-0.4, -0.2) is 9.78 Å². The molecule has 1 heterocycles. The van der Waals surface area contributed by atoms with Crippen LogP contribution in [0.4, 0.5) is 5.82 Å². The number of nitrogen functional groups attached to an aromatic ring is 1. The quantitative estimate of drug-likeness (QED) is 0.636. The van der Waals surface area contributed by atoms with Gasteiger partial charge in [0.25, 0.3) is 0 Å². The van der Waals surface area contributed by atoms with Crippen LogP contribution in [-0.2, 0) is 6.54 Å². The highest BCUT2D eigenvalue weighted by Gasteiger charge is 2.00. The van der Waals surface area contributed by atoms with Crippen LogP contribution in [0, 0.1) is 0 Å². The monoisotopic (exact) mass is 229 g/mol. The lowest BCUT2D eigenvalue weighted by Gasteiger charge is -1.96. The van der Waals surface area contributed by atoms with Gasteiger partial charge in [0, 0.05) is 12.7 Å².